The Bertz CT molecular complexity index is 456. The first-order chi connectivity index (χ1) is 9.22. The smallest absolute Gasteiger partial charge is 0.192 e. The highest BCUT2D eigenvalue weighted by Gasteiger charge is 2.11. The highest BCUT2D eigenvalue weighted by molar-refractivity contribution is 14.1. The van der Waals surface area contributed by atoms with Crippen LogP contribution in [0.1, 0.15) is 16.7 Å². The molecule has 4 heteroatoms. The average Bonchev–Trinajstić information content (AvgIpc) is 2.39. The molecule has 0 aliphatic rings. The minimum absolute atomic E-state index is 0.275. The summed E-state index contributed by atoms with van der Waals surface area (Å²) in [4.78, 5) is 0. The van der Waals surface area contributed by atoms with Crippen molar-refractivity contribution >= 4 is 23.0 Å². The molecule has 0 bridgehead atoms. The zero-order valence-electron chi connectivity index (χ0n) is 10.7. The van der Waals surface area contributed by atoms with Crippen molar-refractivity contribution in [1.82, 2.24) is 0 Å². The fourth-order valence-corrected chi connectivity index (χ4v) is 2.25. The van der Waals surface area contributed by atoms with Gasteiger partial charge >= 0.3 is 0 Å². The zero-order valence-corrected chi connectivity index (χ0v) is 12.9. The number of benzene rings is 1. The lowest BCUT2D eigenvalue weighted by Gasteiger charge is -2.13. The van der Waals surface area contributed by atoms with Gasteiger partial charge in [-0.2, -0.15) is 0 Å². The molecular weight excluding hydrogens is 355 g/mol. The van der Waals surface area contributed by atoms with Crippen molar-refractivity contribution in [3.8, 4) is 30.4 Å². The number of hydrogen-bond acceptors (Lipinski definition) is 3. The van der Waals surface area contributed by atoms with Gasteiger partial charge in [-0.05, 0) is 19.1 Å². The van der Waals surface area contributed by atoms with Crippen LogP contribution in [0, 0.1) is 31.6 Å². The van der Waals surface area contributed by atoms with Crippen molar-refractivity contribution in [2.45, 2.75) is 20.1 Å². The van der Waals surface area contributed by atoms with Crippen LogP contribution >= 0.6 is 23.0 Å². The SMILES string of the molecule is C#CCOCc1cc(C)cc(COCC#C)c1OI. The first-order valence-corrected chi connectivity index (χ1v) is 6.54. The van der Waals surface area contributed by atoms with E-state index in [9.17, 15) is 0 Å². The van der Waals surface area contributed by atoms with Gasteiger partial charge in [0.1, 0.15) is 19.0 Å². The Morgan fingerprint density at radius 2 is 1.53 bits per heavy atom. The summed E-state index contributed by atoms with van der Waals surface area (Å²) in [7, 11) is 0. The van der Waals surface area contributed by atoms with E-state index in [4.69, 9.17) is 25.4 Å². The maximum Gasteiger partial charge on any atom is 0.192 e. The summed E-state index contributed by atoms with van der Waals surface area (Å²) < 4.78 is 16.1. The summed E-state index contributed by atoms with van der Waals surface area (Å²) in [6.07, 6.45) is 10.3. The standard InChI is InChI=1S/C15H15IO3/c1-4-6-17-10-13-8-12(3)9-14(15(13)19-16)11-18-7-5-2/h1-2,8-9H,6-7,10-11H2,3H3. The highest BCUT2D eigenvalue weighted by atomic mass is 127. The molecule has 0 aliphatic carbocycles. The van der Waals surface area contributed by atoms with Crippen LogP contribution in [0.25, 0.3) is 0 Å². The molecule has 0 radical (unpaired) electrons. The Labute approximate surface area is 128 Å². The van der Waals surface area contributed by atoms with E-state index in [2.05, 4.69) is 11.8 Å². The number of hydrogen-bond donors (Lipinski definition) is 0. The van der Waals surface area contributed by atoms with E-state index < -0.39 is 0 Å². The van der Waals surface area contributed by atoms with Crippen molar-refractivity contribution < 1.29 is 12.5 Å². The summed E-state index contributed by atoms with van der Waals surface area (Å²) in [5.41, 5.74) is 3.00. The third-order valence-corrected chi connectivity index (χ3v) is 2.79. The molecule has 1 aromatic carbocycles. The summed E-state index contributed by atoms with van der Waals surface area (Å²) >= 11 is 1.85. The quantitative estimate of drug-likeness (QED) is 0.420. The molecule has 19 heavy (non-hydrogen) atoms. The van der Waals surface area contributed by atoms with E-state index in [1.165, 1.54) is 0 Å². The van der Waals surface area contributed by atoms with Crippen molar-refractivity contribution in [3.63, 3.8) is 0 Å². The molecule has 0 atom stereocenters. The molecule has 1 aromatic rings. The fourth-order valence-electron chi connectivity index (χ4n) is 1.68. The van der Waals surface area contributed by atoms with E-state index in [1.54, 1.807) is 0 Å². The maximum atomic E-state index is 5.40. The molecule has 100 valence electrons. The molecule has 0 saturated heterocycles. The zero-order chi connectivity index (χ0) is 14.1. The molecule has 0 fully saturated rings. The Hall–Kier alpha value is -1.21. The molecule has 0 heterocycles. The first-order valence-electron chi connectivity index (χ1n) is 5.66. The van der Waals surface area contributed by atoms with E-state index in [-0.39, 0.29) is 13.2 Å². The summed E-state index contributed by atoms with van der Waals surface area (Å²) in [5, 5.41) is 0. The third kappa shape index (κ3) is 5.12. The van der Waals surface area contributed by atoms with E-state index in [0.717, 1.165) is 22.4 Å². The van der Waals surface area contributed by atoms with Crippen molar-refractivity contribution in [2.75, 3.05) is 13.2 Å². The Morgan fingerprint density at radius 1 is 1.05 bits per heavy atom. The van der Waals surface area contributed by atoms with Gasteiger partial charge in [0, 0.05) is 11.1 Å². The number of halogens is 1. The lowest BCUT2D eigenvalue weighted by molar-refractivity contribution is 0.147. The van der Waals surface area contributed by atoms with Crippen molar-refractivity contribution in [2.24, 2.45) is 0 Å². The highest BCUT2D eigenvalue weighted by Crippen LogP contribution is 2.29. The topological polar surface area (TPSA) is 27.7 Å². The molecule has 0 aliphatic heterocycles. The van der Waals surface area contributed by atoms with E-state index in [0.29, 0.717) is 13.2 Å². The Morgan fingerprint density at radius 3 is 1.89 bits per heavy atom. The number of rotatable bonds is 7. The van der Waals surface area contributed by atoms with Crippen LogP contribution in [0.5, 0.6) is 5.75 Å². The fraction of sp³-hybridized carbons (Fsp3) is 0.333. The normalized spacial score (nSPS) is 9.68. The van der Waals surface area contributed by atoms with E-state index >= 15 is 0 Å². The minimum Gasteiger partial charge on any atom is -0.427 e. The summed E-state index contributed by atoms with van der Waals surface area (Å²) in [6.45, 7) is 3.38. The first kappa shape index (κ1) is 15.8. The van der Waals surface area contributed by atoms with Crippen LogP contribution in [-0.4, -0.2) is 13.2 Å². The lowest BCUT2D eigenvalue weighted by atomic mass is 10.1. The largest absolute Gasteiger partial charge is 0.427 e. The monoisotopic (exact) mass is 370 g/mol. The second kappa shape index (κ2) is 8.82. The average molecular weight is 370 g/mol. The number of ether oxygens (including phenoxy) is 2. The van der Waals surface area contributed by atoms with Crippen LogP contribution in [-0.2, 0) is 22.7 Å². The molecule has 0 aromatic heterocycles. The van der Waals surface area contributed by atoms with Gasteiger partial charge in [0.25, 0.3) is 0 Å². The maximum absolute atomic E-state index is 5.40. The Kier molecular flexibility index (Phi) is 7.35. The van der Waals surface area contributed by atoms with Gasteiger partial charge in [0.05, 0.1) is 13.2 Å². The second-order valence-electron chi connectivity index (χ2n) is 3.88. The predicted molar refractivity (Wildman–Crippen MR) is 82.8 cm³/mol. The van der Waals surface area contributed by atoms with Crippen LogP contribution in [0.15, 0.2) is 12.1 Å². The van der Waals surface area contributed by atoms with Gasteiger partial charge in [-0.3, -0.25) is 0 Å². The summed E-state index contributed by atoms with van der Waals surface area (Å²) in [5.74, 6) is 5.62. The second-order valence-corrected chi connectivity index (χ2v) is 4.32. The van der Waals surface area contributed by atoms with Gasteiger partial charge in [-0.1, -0.05) is 17.4 Å². The van der Waals surface area contributed by atoms with Gasteiger partial charge < -0.3 is 12.5 Å². The molecule has 1 rings (SSSR count). The third-order valence-electron chi connectivity index (χ3n) is 2.35. The van der Waals surface area contributed by atoms with Crippen molar-refractivity contribution in [3.05, 3.63) is 28.8 Å². The molecule has 0 saturated carbocycles. The van der Waals surface area contributed by atoms with Gasteiger partial charge in [0.15, 0.2) is 23.0 Å². The summed E-state index contributed by atoms with van der Waals surface area (Å²) in [6, 6.07) is 4.02. The number of aryl methyl sites for hydroxylation is 1. The van der Waals surface area contributed by atoms with Crippen molar-refractivity contribution in [1.29, 1.82) is 0 Å². The van der Waals surface area contributed by atoms with E-state index in [1.807, 2.05) is 42.1 Å². The number of terminal acetylenes is 2. The minimum atomic E-state index is 0.275. The molecule has 0 amide bonds. The van der Waals surface area contributed by atoms with Crippen LogP contribution in [0.2, 0.25) is 0 Å². The van der Waals surface area contributed by atoms with Gasteiger partial charge in [-0.15, -0.1) is 12.8 Å². The van der Waals surface area contributed by atoms with Crippen LogP contribution < -0.4 is 3.07 Å². The molecular formula is C15H15IO3. The molecule has 0 unspecified atom stereocenters. The van der Waals surface area contributed by atoms with Gasteiger partial charge in [0.2, 0.25) is 0 Å². The Balaban J connectivity index is 2.90. The van der Waals surface area contributed by atoms with Crippen LogP contribution in [0.4, 0.5) is 0 Å². The predicted octanol–water partition coefficient (Wildman–Crippen LogP) is 3.02. The molecule has 0 spiro atoms. The molecule has 0 N–H and O–H groups in total. The molecule has 3 nitrogen and oxygen atoms in total. The lowest BCUT2D eigenvalue weighted by Crippen LogP contribution is -2.01. The van der Waals surface area contributed by atoms with Gasteiger partial charge in [-0.25, -0.2) is 0 Å². The van der Waals surface area contributed by atoms with Crippen LogP contribution in [0.3, 0.4) is 0 Å².